The summed E-state index contributed by atoms with van der Waals surface area (Å²) in [5.41, 5.74) is 0.720. The van der Waals surface area contributed by atoms with Gasteiger partial charge in [-0.1, -0.05) is 5.21 Å². The Balaban J connectivity index is 1.98. The lowest BCUT2D eigenvalue weighted by Gasteiger charge is -2.09. The third-order valence-corrected chi connectivity index (χ3v) is 2.47. The van der Waals surface area contributed by atoms with Crippen LogP contribution in [-0.2, 0) is 11.3 Å². The van der Waals surface area contributed by atoms with Gasteiger partial charge in [0.2, 0.25) is 5.76 Å². The molecule has 1 unspecified atom stereocenters. The van der Waals surface area contributed by atoms with Crippen molar-refractivity contribution < 1.29 is 13.9 Å². The predicted molar refractivity (Wildman–Crippen MR) is 59.5 cm³/mol. The van der Waals surface area contributed by atoms with Crippen molar-refractivity contribution in [2.75, 3.05) is 7.11 Å². The van der Waals surface area contributed by atoms with E-state index in [1.54, 1.807) is 6.07 Å². The van der Waals surface area contributed by atoms with Gasteiger partial charge in [0, 0.05) is 12.1 Å². The van der Waals surface area contributed by atoms with Gasteiger partial charge in [0.05, 0.1) is 19.4 Å². The van der Waals surface area contributed by atoms with Crippen molar-refractivity contribution in [2.45, 2.75) is 19.5 Å². The van der Waals surface area contributed by atoms with Crippen molar-refractivity contribution in [3.8, 4) is 0 Å². The molecule has 0 radical (unpaired) electrons. The minimum Gasteiger partial charge on any atom is -0.463 e. The van der Waals surface area contributed by atoms with Crippen LogP contribution in [0.4, 0.5) is 0 Å². The van der Waals surface area contributed by atoms with Crippen LogP contribution in [0.5, 0.6) is 0 Å². The molecule has 0 bridgehead atoms. The Labute approximate surface area is 103 Å². The van der Waals surface area contributed by atoms with Crippen molar-refractivity contribution in [3.05, 3.63) is 29.5 Å². The first-order valence-electron chi connectivity index (χ1n) is 5.33. The number of tetrazole rings is 1. The molecular weight excluding hydrogens is 238 g/mol. The molecule has 8 heteroatoms. The van der Waals surface area contributed by atoms with Crippen LogP contribution in [0.1, 0.15) is 34.9 Å². The summed E-state index contributed by atoms with van der Waals surface area (Å²) in [6.07, 6.45) is 1.45. The lowest BCUT2D eigenvalue weighted by molar-refractivity contribution is 0.0563. The SMILES string of the molecule is COC(=O)c1occc1CNC(C)c1nn[nH]n1. The zero-order chi connectivity index (χ0) is 13.0. The Kier molecular flexibility index (Phi) is 3.68. The second kappa shape index (κ2) is 5.41. The molecule has 96 valence electrons. The van der Waals surface area contributed by atoms with E-state index in [1.807, 2.05) is 6.92 Å². The zero-order valence-electron chi connectivity index (χ0n) is 10.0. The van der Waals surface area contributed by atoms with Crippen LogP contribution in [0.15, 0.2) is 16.7 Å². The van der Waals surface area contributed by atoms with E-state index in [4.69, 9.17) is 4.42 Å². The molecule has 8 nitrogen and oxygen atoms in total. The van der Waals surface area contributed by atoms with Gasteiger partial charge in [-0.25, -0.2) is 4.79 Å². The molecule has 0 aromatic carbocycles. The first-order chi connectivity index (χ1) is 8.72. The third-order valence-electron chi connectivity index (χ3n) is 2.47. The summed E-state index contributed by atoms with van der Waals surface area (Å²) in [6.45, 7) is 2.33. The number of H-pyrrole nitrogens is 1. The van der Waals surface area contributed by atoms with Gasteiger partial charge in [-0.05, 0) is 13.0 Å². The van der Waals surface area contributed by atoms with Gasteiger partial charge in [0.1, 0.15) is 0 Å². The maximum Gasteiger partial charge on any atom is 0.374 e. The number of carbonyl (C=O) groups is 1. The number of hydrogen-bond donors (Lipinski definition) is 2. The van der Waals surface area contributed by atoms with Crippen LogP contribution >= 0.6 is 0 Å². The fourth-order valence-electron chi connectivity index (χ4n) is 1.45. The highest BCUT2D eigenvalue weighted by Gasteiger charge is 2.17. The molecule has 2 aromatic rings. The van der Waals surface area contributed by atoms with E-state index in [1.165, 1.54) is 13.4 Å². The number of nitrogens with one attached hydrogen (secondary N) is 2. The van der Waals surface area contributed by atoms with Crippen molar-refractivity contribution in [3.63, 3.8) is 0 Å². The topological polar surface area (TPSA) is 106 Å². The average Bonchev–Trinajstić information content (AvgIpc) is 3.05. The minimum atomic E-state index is -0.496. The van der Waals surface area contributed by atoms with Crippen LogP contribution in [0.3, 0.4) is 0 Å². The molecule has 2 N–H and O–H groups in total. The lowest BCUT2D eigenvalue weighted by atomic mass is 10.2. The highest BCUT2D eigenvalue weighted by Crippen LogP contribution is 2.13. The van der Waals surface area contributed by atoms with Crippen LogP contribution in [0.25, 0.3) is 0 Å². The number of carbonyl (C=O) groups excluding carboxylic acids is 1. The number of ether oxygens (including phenoxy) is 1. The Morgan fingerprint density at radius 3 is 3.17 bits per heavy atom. The fourth-order valence-corrected chi connectivity index (χ4v) is 1.45. The number of esters is 1. The second-order valence-electron chi connectivity index (χ2n) is 3.64. The normalized spacial score (nSPS) is 12.3. The number of hydrogen-bond acceptors (Lipinski definition) is 7. The van der Waals surface area contributed by atoms with E-state index in [9.17, 15) is 4.79 Å². The van der Waals surface area contributed by atoms with Gasteiger partial charge >= 0.3 is 5.97 Å². The summed E-state index contributed by atoms with van der Waals surface area (Å²) in [6, 6.07) is 1.62. The molecular formula is C10H13N5O3. The van der Waals surface area contributed by atoms with Gasteiger partial charge in [-0.3, -0.25) is 0 Å². The Morgan fingerprint density at radius 2 is 2.50 bits per heavy atom. The summed E-state index contributed by atoms with van der Waals surface area (Å²) in [5, 5.41) is 16.7. The second-order valence-corrected chi connectivity index (χ2v) is 3.64. The molecule has 0 aliphatic carbocycles. The minimum absolute atomic E-state index is 0.0934. The lowest BCUT2D eigenvalue weighted by Crippen LogP contribution is -2.20. The van der Waals surface area contributed by atoms with Gasteiger partial charge < -0.3 is 14.5 Å². The molecule has 2 aromatic heterocycles. The van der Waals surface area contributed by atoms with E-state index in [0.29, 0.717) is 12.4 Å². The molecule has 0 aliphatic heterocycles. The van der Waals surface area contributed by atoms with E-state index in [-0.39, 0.29) is 11.8 Å². The van der Waals surface area contributed by atoms with Crippen LogP contribution in [-0.4, -0.2) is 33.7 Å². The van der Waals surface area contributed by atoms with Gasteiger partial charge in [-0.15, -0.1) is 10.2 Å². The highest BCUT2D eigenvalue weighted by atomic mass is 16.5. The molecule has 0 spiro atoms. The van der Waals surface area contributed by atoms with E-state index < -0.39 is 5.97 Å². The van der Waals surface area contributed by atoms with Crippen molar-refractivity contribution in [2.24, 2.45) is 0 Å². The molecule has 2 rings (SSSR count). The molecule has 1 atom stereocenters. The first kappa shape index (κ1) is 12.2. The molecule has 0 aliphatic rings. The quantitative estimate of drug-likeness (QED) is 0.742. The van der Waals surface area contributed by atoms with Crippen LogP contribution in [0.2, 0.25) is 0 Å². The van der Waals surface area contributed by atoms with Crippen molar-refractivity contribution in [1.29, 1.82) is 0 Å². The molecule has 0 saturated heterocycles. The molecule has 18 heavy (non-hydrogen) atoms. The largest absolute Gasteiger partial charge is 0.463 e. The fraction of sp³-hybridized carbons (Fsp3) is 0.400. The number of aromatic nitrogens is 4. The van der Waals surface area contributed by atoms with E-state index in [0.717, 1.165) is 5.56 Å². The first-order valence-corrected chi connectivity index (χ1v) is 5.33. The average molecular weight is 251 g/mol. The zero-order valence-corrected chi connectivity index (χ0v) is 10.0. The number of methoxy groups -OCH3 is 1. The molecule has 0 fully saturated rings. The smallest absolute Gasteiger partial charge is 0.374 e. The molecule has 2 heterocycles. The predicted octanol–water partition coefficient (Wildman–Crippen LogP) is 0.430. The number of rotatable bonds is 5. The standard InChI is InChI=1S/C10H13N5O3/c1-6(9-12-14-15-13-9)11-5-7-3-4-18-8(7)10(16)17-2/h3-4,6,11H,5H2,1-2H3,(H,12,13,14,15). The van der Waals surface area contributed by atoms with E-state index >= 15 is 0 Å². The summed E-state index contributed by atoms with van der Waals surface area (Å²) in [4.78, 5) is 11.4. The summed E-state index contributed by atoms with van der Waals surface area (Å²) < 4.78 is 9.69. The van der Waals surface area contributed by atoms with Crippen LogP contribution < -0.4 is 5.32 Å². The Bertz CT molecular complexity index is 507. The summed E-state index contributed by atoms with van der Waals surface area (Å²) in [7, 11) is 1.31. The molecule has 0 amide bonds. The summed E-state index contributed by atoms with van der Waals surface area (Å²) >= 11 is 0. The Hall–Kier alpha value is -2.22. The van der Waals surface area contributed by atoms with Crippen LogP contribution in [0, 0.1) is 0 Å². The number of aromatic amines is 1. The highest BCUT2D eigenvalue weighted by molar-refractivity contribution is 5.87. The van der Waals surface area contributed by atoms with Crippen molar-refractivity contribution in [1.82, 2.24) is 25.9 Å². The Morgan fingerprint density at radius 1 is 1.67 bits per heavy atom. The van der Waals surface area contributed by atoms with Gasteiger partial charge in [0.25, 0.3) is 0 Å². The van der Waals surface area contributed by atoms with Gasteiger partial charge in [0.15, 0.2) is 5.82 Å². The van der Waals surface area contributed by atoms with E-state index in [2.05, 4.69) is 30.7 Å². The van der Waals surface area contributed by atoms with Crippen molar-refractivity contribution >= 4 is 5.97 Å². The maximum absolute atomic E-state index is 11.4. The molecule has 0 saturated carbocycles. The number of furan rings is 1. The third kappa shape index (κ3) is 2.54. The summed E-state index contributed by atoms with van der Waals surface area (Å²) in [5.74, 6) is 0.257. The van der Waals surface area contributed by atoms with Gasteiger partial charge in [-0.2, -0.15) is 5.21 Å². The monoisotopic (exact) mass is 251 g/mol. The number of nitrogens with zero attached hydrogens (tertiary/aromatic N) is 3. The maximum atomic E-state index is 11.4.